The van der Waals surface area contributed by atoms with Gasteiger partial charge in [0.25, 0.3) is 5.91 Å². The van der Waals surface area contributed by atoms with Gasteiger partial charge in [0.2, 0.25) is 0 Å². The predicted octanol–water partition coefficient (Wildman–Crippen LogP) is 4.37. The molecule has 2 aromatic rings. The molecular weight excluding hydrogens is 346 g/mol. The second-order valence-corrected chi connectivity index (χ2v) is 7.43. The molecule has 1 aliphatic heterocycles. The van der Waals surface area contributed by atoms with Crippen LogP contribution in [0, 0.1) is 11.3 Å². The summed E-state index contributed by atoms with van der Waals surface area (Å²) in [5.74, 6) is -0.225. The number of aryl methyl sites for hydroxylation is 1. The van der Waals surface area contributed by atoms with Gasteiger partial charge in [-0.05, 0) is 50.3 Å². The zero-order chi connectivity index (χ0) is 18.1. The van der Waals surface area contributed by atoms with Gasteiger partial charge in [-0.15, -0.1) is 16.5 Å². The fraction of sp³-hybridized carbons (Fsp3) is 0.316. The van der Waals surface area contributed by atoms with Crippen molar-refractivity contribution in [2.75, 3.05) is 5.01 Å². The van der Waals surface area contributed by atoms with Crippen LogP contribution in [0.3, 0.4) is 0 Å². The third-order valence-corrected chi connectivity index (χ3v) is 5.80. The smallest absolute Gasteiger partial charge is 0.269 e. The average Bonchev–Trinajstić information content (AvgIpc) is 3.17. The van der Waals surface area contributed by atoms with Gasteiger partial charge in [-0.25, -0.2) is 0 Å². The van der Waals surface area contributed by atoms with Crippen LogP contribution in [-0.2, 0) is 17.6 Å². The van der Waals surface area contributed by atoms with E-state index in [4.69, 9.17) is 0 Å². The van der Waals surface area contributed by atoms with Crippen LogP contribution in [0.15, 0.2) is 45.7 Å². The number of rotatable bonds is 3. The molecule has 4 rings (SSSR count). The van der Waals surface area contributed by atoms with Crippen molar-refractivity contribution >= 4 is 33.6 Å². The lowest BCUT2D eigenvalue weighted by molar-refractivity contribution is -0.117. The number of hydrogen-bond acceptors (Lipinski definition) is 6. The standard InChI is InChI=1S/C19H17N5OS/c1-12-17(19(25)24(23-12)13-7-3-2-4-8-13)21-22-18-15(11-20)14-9-5-6-10-16(14)26-18/h2-4,7-8,17H,5-6,9-10H2,1H3/t17-/m1/s1. The van der Waals surface area contributed by atoms with Gasteiger partial charge in [-0.2, -0.15) is 20.5 Å². The summed E-state index contributed by atoms with van der Waals surface area (Å²) < 4.78 is 0. The summed E-state index contributed by atoms with van der Waals surface area (Å²) in [5.41, 5.74) is 3.04. The average molecular weight is 363 g/mol. The van der Waals surface area contributed by atoms with Gasteiger partial charge >= 0.3 is 0 Å². The molecule has 1 aliphatic carbocycles. The number of amides is 1. The highest BCUT2D eigenvalue weighted by Gasteiger charge is 2.34. The van der Waals surface area contributed by atoms with Crippen molar-refractivity contribution < 1.29 is 4.79 Å². The number of hydrogen-bond donors (Lipinski definition) is 0. The van der Waals surface area contributed by atoms with Crippen molar-refractivity contribution in [3.05, 3.63) is 46.3 Å². The molecule has 0 N–H and O–H groups in total. The maximum atomic E-state index is 12.7. The van der Waals surface area contributed by atoms with Crippen LogP contribution in [0.4, 0.5) is 10.7 Å². The Bertz CT molecular complexity index is 954. The quantitative estimate of drug-likeness (QED) is 0.759. The van der Waals surface area contributed by atoms with E-state index in [0.29, 0.717) is 22.0 Å². The maximum absolute atomic E-state index is 12.7. The molecule has 26 heavy (non-hydrogen) atoms. The SMILES string of the molecule is CC1=NN(c2ccccc2)C(=O)[C@@H]1N=Nc1sc2c(c1C#N)CCCC2. The van der Waals surface area contributed by atoms with Crippen LogP contribution in [0.1, 0.15) is 35.8 Å². The van der Waals surface area contributed by atoms with Gasteiger partial charge in [-0.1, -0.05) is 18.2 Å². The van der Waals surface area contributed by atoms with Crippen LogP contribution >= 0.6 is 11.3 Å². The molecule has 0 radical (unpaired) electrons. The molecule has 0 spiro atoms. The number of nitriles is 1. The molecule has 1 aromatic heterocycles. The van der Waals surface area contributed by atoms with Crippen LogP contribution in [0.5, 0.6) is 0 Å². The first-order valence-corrected chi connectivity index (χ1v) is 9.40. The fourth-order valence-corrected chi connectivity index (χ4v) is 4.46. The van der Waals surface area contributed by atoms with Crippen molar-refractivity contribution in [2.24, 2.45) is 15.3 Å². The van der Waals surface area contributed by atoms with Crippen LogP contribution in [0.25, 0.3) is 0 Å². The first kappa shape index (κ1) is 16.6. The number of nitrogens with zero attached hydrogens (tertiary/aromatic N) is 5. The van der Waals surface area contributed by atoms with E-state index < -0.39 is 6.04 Å². The number of fused-ring (bicyclic) bond motifs is 1. The Hall–Kier alpha value is -2.85. The predicted molar refractivity (Wildman–Crippen MR) is 101 cm³/mol. The van der Waals surface area contributed by atoms with E-state index in [1.165, 1.54) is 21.2 Å². The van der Waals surface area contributed by atoms with Crippen molar-refractivity contribution in [3.8, 4) is 6.07 Å². The molecule has 0 bridgehead atoms. The third-order valence-electron chi connectivity index (χ3n) is 4.63. The topological polar surface area (TPSA) is 81.2 Å². The van der Waals surface area contributed by atoms with Gasteiger partial charge in [0.15, 0.2) is 11.0 Å². The zero-order valence-electron chi connectivity index (χ0n) is 14.3. The fourth-order valence-electron chi connectivity index (χ4n) is 3.29. The van der Waals surface area contributed by atoms with Crippen molar-refractivity contribution in [3.63, 3.8) is 0 Å². The lowest BCUT2D eigenvalue weighted by Crippen LogP contribution is -2.29. The number of thiophene rings is 1. The molecule has 1 atom stereocenters. The minimum absolute atomic E-state index is 0.225. The highest BCUT2D eigenvalue weighted by Crippen LogP contribution is 2.39. The molecule has 1 aromatic carbocycles. The number of anilines is 1. The highest BCUT2D eigenvalue weighted by atomic mass is 32.1. The van der Waals surface area contributed by atoms with E-state index in [2.05, 4.69) is 21.4 Å². The molecule has 130 valence electrons. The number of carbonyl (C=O) groups excluding carboxylic acids is 1. The Kier molecular flexibility index (Phi) is 4.35. The van der Waals surface area contributed by atoms with Gasteiger partial charge in [0.05, 0.1) is 17.0 Å². The summed E-state index contributed by atoms with van der Waals surface area (Å²) in [7, 11) is 0. The zero-order valence-corrected chi connectivity index (χ0v) is 15.2. The molecule has 1 amide bonds. The molecular formula is C19H17N5OS. The highest BCUT2D eigenvalue weighted by molar-refractivity contribution is 7.16. The first-order chi connectivity index (χ1) is 12.7. The Morgan fingerprint density at radius 2 is 2.04 bits per heavy atom. The minimum atomic E-state index is -0.735. The summed E-state index contributed by atoms with van der Waals surface area (Å²) in [6.45, 7) is 1.77. The Labute approximate surface area is 155 Å². The lowest BCUT2D eigenvalue weighted by Gasteiger charge is -2.11. The largest absolute Gasteiger partial charge is 0.280 e. The summed E-state index contributed by atoms with van der Waals surface area (Å²) in [5, 5.41) is 24.3. The normalized spacial score (nSPS) is 19.5. The monoisotopic (exact) mass is 363 g/mol. The summed E-state index contributed by atoms with van der Waals surface area (Å²) >= 11 is 1.52. The molecule has 2 heterocycles. The third kappa shape index (κ3) is 2.82. The molecule has 6 nitrogen and oxygen atoms in total. The first-order valence-electron chi connectivity index (χ1n) is 8.58. The molecule has 0 saturated heterocycles. The van der Waals surface area contributed by atoms with E-state index >= 15 is 0 Å². The number of carbonyl (C=O) groups is 1. The molecule has 7 heteroatoms. The molecule has 0 fully saturated rings. The van der Waals surface area contributed by atoms with Crippen LogP contribution in [-0.4, -0.2) is 17.7 Å². The molecule has 2 aliphatic rings. The number of para-hydroxylation sites is 1. The van der Waals surface area contributed by atoms with Crippen LogP contribution in [0.2, 0.25) is 0 Å². The summed E-state index contributed by atoms with van der Waals surface area (Å²) in [6.07, 6.45) is 4.17. The summed E-state index contributed by atoms with van der Waals surface area (Å²) in [6, 6.07) is 10.8. The second kappa shape index (κ2) is 6.81. The van der Waals surface area contributed by atoms with E-state index in [-0.39, 0.29) is 5.91 Å². The molecule has 0 unspecified atom stereocenters. The van der Waals surface area contributed by atoms with Crippen LogP contribution < -0.4 is 5.01 Å². The van der Waals surface area contributed by atoms with E-state index in [0.717, 1.165) is 31.2 Å². The van der Waals surface area contributed by atoms with Crippen molar-refractivity contribution in [1.82, 2.24) is 0 Å². The minimum Gasteiger partial charge on any atom is -0.269 e. The Morgan fingerprint density at radius 3 is 2.81 bits per heavy atom. The number of azo groups is 1. The van der Waals surface area contributed by atoms with E-state index in [9.17, 15) is 10.1 Å². The Morgan fingerprint density at radius 1 is 1.27 bits per heavy atom. The second-order valence-electron chi connectivity index (χ2n) is 6.35. The molecule has 0 saturated carbocycles. The van der Waals surface area contributed by atoms with Gasteiger partial charge in [-0.3, -0.25) is 4.79 Å². The van der Waals surface area contributed by atoms with Gasteiger partial charge in [0, 0.05) is 4.88 Å². The Balaban J connectivity index is 1.60. The van der Waals surface area contributed by atoms with Gasteiger partial charge in [0.1, 0.15) is 6.07 Å². The maximum Gasteiger partial charge on any atom is 0.280 e. The summed E-state index contributed by atoms with van der Waals surface area (Å²) in [4.78, 5) is 13.9. The van der Waals surface area contributed by atoms with Crippen molar-refractivity contribution in [1.29, 1.82) is 5.26 Å². The number of hydrazone groups is 1. The van der Waals surface area contributed by atoms with Gasteiger partial charge < -0.3 is 0 Å². The lowest BCUT2D eigenvalue weighted by atomic mass is 9.96. The van der Waals surface area contributed by atoms with Crippen molar-refractivity contribution in [2.45, 2.75) is 38.6 Å². The van der Waals surface area contributed by atoms with E-state index in [1.54, 1.807) is 6.92 Å². The number of benzene rings is 1. The van der Waals surface area contributed by atoms with E-state index in [1.807, 2.05) is 30.3 Å².